The lowest BCUT2D eigenvalue weighted by molar-refractivity contribution is -0.188. The zero-order chi connectivity index (χ0) is 28.5. The number of nitrogens with one attached hydrogen (secondary N) is 3. The summed E-state index contributed by atoms with van der Waals surface area (Å²) in [7, 11) is 0. The summed E-state index contributed by atoms with van der Waals surface area (Å²) in [5.41, 5.74) is 6.31. The van der Waals surface area contributed by atoms with E-state index in [-0.39, 0.29) is 37.8 Å². The minimum absolute atomic E-state index is 0.0245. The van der Waals surface area contributed by atoms with E-state index in [2.05, 4.69) is 10.6 Å². The van der Waals surface area contributed by atoms with Crippen LogP contribution in [0.15, 0.2) is 17.7 Å². The minimum Gasteiger partial charge on any atom is -0.475 e. The SMILES string of the molecule is CCc1cc(C)cc2c1O[C@H](C(F)(F)F)C(C(=O)OCCCOC(=O)[C@H](CCCNC(=N)N)NC(C)=O)=C2. The zero-order valence-corrected chi connectivity index (χ0v) is 21.5. The normalized spacial score (nSPS) is 15.3. The Hall–Kier alpha value is -3.77. The van der Waals surface area contributed by atoms with Gasteiger partial charge in [-0.25, -0.2) is 9.59 Å². The van der Waals surface area contributed by atoms with E-state index in [1.165, 1.54) is 6.92 Å². The van der Waals surface area contributed by atoms with Crippen LogP contribution < -0.4 is 21.1 Å². The Labute approximate surface area is 218 Å². The third-order valence-electron chi connectivity index (χ3n) is 5.50. The molecule has 0 unspecified atom stereocenters. The molecule has 38 heavy (non-hydrogen) atoms. The topological polar surface area (TPSA) is 153 Å². The number of hydrogen-bond donors (Lipinski definition) is 4. The summed E-state index contributed by atoms with van der Waals surface area (Å²) in [4.78, 5) is 36.3. The number of esters is 2. The van der Waals surface area contributed by atoms with Crippen molar-refractivity contribution in [1.82, 2.24) is 10.6 Å². The fourth-order valence-electron chi connectivity index (χ4n) is 3.83. The first kappa shape index (κ1) is 30.5. The van der Waals surface area contributed by atoms with Crippen LogP contribution in [0.2, 0.25) is 0 Å². The lowest BCUT2D eigenvalue weighted by Gasteiger charge is -2.29. The van der Waals surface area contributed by atoms with Crippen molar-refractivity contribution < 1.29 is 41.8 Å². The van der Waals surface area contributed by atoms with E-state index < -0.39 is 41.7 Å². The van der Waals surface area contributed by atoms with E-state index >= 15 is 0 Å². The molecule has 2 atom stereocenters. The van der Waals surface area contributed by atoms with Gasteiger partial charge in [-0.15, -0.1) is 0 Å². The smallest absolute Gasteiger partial charge is 0.430 e. The van der Waals surface area contributed by atoms with Crippen molar-refractivity contribution in [1.29, 1.82) is 5.41 Å². The highest BCUT2D eigenvalue weighted by molar-refractivity contribution is 5.96. The Kier molecular flexibility index (Phi) is 11.0. The number of carbonyl (C=O) groups excluding carboxylic acids is 3. The molecule has 1 aromatic rings. The van der Waals surface area contributed by atoms with Crippen LogP contribution in [0.3, 0.4) is 0 Å². The number of rotatable bonds is 12. The molecule has 1 aromatic carbocycles. The van der Waals surface area contributed by atoms with Crippen molar-refractivity contribution in [3.05, 3.63) is 34.4 Å². The highest BCUT2D eigenvalue weighted by Gasteiger charge is 2.49. The third kappa shape index (κ3) is 8.96. The summed E-state index contributed by atoms with van der Waals surface area (Å²) >= 11 is 0. The molecule has 0 aliphatic carbocycles. The molecule has 1 aliphatic rings. The number of benzene rings is 1. The van der Waals surface area contributed by atoms with Crippen LogP contribution in [-0.4, -0.2) is 61.9 Å². The van der Waals surface area contributed by atoms with Gasteiger partial charge in [0.05, 0.1) is 18.8 Å². The van der Waals surface area contributed by atoms with E-state index in [1.807, 2.05) is 0 Å². The highest BCUT2D eigenvalue weighted by atomic mass is 19.4. The molecule has 10 nitrogen and oxygen atoms in total. The van der Waals surface area contributed by atoms with Crippen LogP contribution in [0, 0.1) is 12.3 Å². The largest absolute Gasteiger partial charge is 0.475 e. The van der Waals surface area contributed by atoms with Gasteiger partial charge in [-0.05, 0) is 49.5 Å². The lowest BCUT2D eigenvalue weighted by Crippen LogP contribution is -2.42. The summed E-state index contributed by atoms with van der Waals surface area (Å²) < 4.78 is 56.6. The molecule has 5 N–H and O–H groups in total. The first-order valence-electron chi connectivity index (χ1n) is 12.1. The summed E-state index contributed by atoms with van der Waals surface area (Å²) in [6.07, 6.45) is -5.05. The number of amides is 1. The fourth-order valence-corrected chi connectivity index (χ4v) is 3.83. The highest BCUT2D eigenvalue weighted by Crippen LogP contribution is 2.40. The molecule has 0 spiro atoms. The maximum Gasteiger partial charge on any atom is 0.430 e. The number of guanidine groups is 1. The van der Waals surface area contributed by atoms with Gasteiger partial charge in [-0.2, -0.15) is 13.2 Å². The van der Waals surface area contributed by atoms with Gasteiger partial charge in [-0.1, -0.05) is 13.0 Å². The monoisotopic (exact) mass is 542 g/mol. The summed E-state index contributed by atoms with van der Waals surface area (Å²) in [5, 5.41) is 12.2. The number of ether oxygens (including phenoxy) is 3. The van der Waals surface area contributed by atoms with Crippen molar-refractivity contribution >= 4 is 29.9 Å². The molecule has 1 heterocycles. The summed E-state index contributed by atoms with van der Waals surface area (Å²) in [6.45, 7) is 4.66. The van der Waals surface area contributed by atoms with Gasteiger partial charge in [0.1, 0.15) is 11.8 Å². The van der Waals surface area contributed by atoms with Gasteiger partial charge < -0.3 is 30.6 Å². The van der Waals surface area contributed by atoms with E-state index in [4.69, 9.17) is 25.4 Å². The zero-order valence-electron chi connectivity index (χ0n) is 21.5. The summed E-state index contributed by atoms with van der Waals surface area (Å²) in [5.74, 6) is -2.47. The minimum atomic E-state index is -4.84. The van der Waals surface area contributed by atoms with Gasteiger partial charge >= 0.3 is 18.1 Å². The average molecular weight is 543 g/mol. The van der Waals surface area contributed by atoms with Crippen molar-refractivity contribution in [2.75, 3.05) is 19.8 Å². The molecular formula is C25H33F3N4O6. The van der Waals surface area contributed by atoms with E-state index in [0.717, 1.165) is 11.6 Å². The van der Waals surface area contributed by atoms with Gasteiger partial charge in [0, 0.05) is 25.5 Å². The van der Waals surface area contributed by atoms with Crippen LogP contribution in [0.25, 0.3) is 6.08 Å². The number of aryl methyl sites for hydroxylation is 2. The molecule has 2 rings (SSSR count). The molecule has 1 amide bonds. The quantitative estimate of drug-likeness (QED) is 0.136. The Bertz CT molecular complexity index is 1070. The Balaban J connectivity index is 1.95. The Morgan fingerprint density at radius 3 is 2.47 bits per heavy atom. The van der Waals surface area contributed by atoms with Crippen molar-refractivity contribution in [3.63, 3.8) is 0 Å². The van der Waals surface area contributed by atoms with Crippen LogP contribution in [0.1, 0.15) is 49.8 Å². The van der Waals surface area contributed by atoms with Crippen LogP contribution >= 0.6 is 0 Å². The molecule has 13 heteroatoms. The lowest BCUT2D eigenvalue weighted by atomic mass is 9.96. The third-order valence-corrected chi connectivity index (χ3v) is 5.50. The van der Waals surface area contributed by atoms with Gasteiger partial charge in [0.25, 0.3) is 0 Å². The number of alkyl halides is 3. The molecule has 0 saturated carbocycles. The van der Waals surface area contributed by atoms with E-state index in [0.29, 0.717) is 30.5 Å². The molecular weight excluding hydrogens is 509 g/mol. The number of nitrogens with two attached hydrogens (primary N) is 1. The van der Waals surface area contributed by atoms with Gasteiger partial charge in [0.15, 0.2) is 5.96 Å². The molecule has 1 aliphatic heterocycles. The van der Waals surface area contributed by atoms with Crippen molar-refractivity contribution in [3.8, 4) is 5.75 Å². The van der Waals surface area contributed by atoms with Crippen LogP contribution in [0.4, 0.5) is 13.2 Å². The first-order valence-corrected chi connectivity index (χ1v) is 12.1. The number of fused-ring (bicyclic) bond motifs is 1. The number of carbonyl (C=O) groups is 3. The second kappa shape index (κ2) is 13.7. The van der Waals surface area contributed by atoms with Gasteiger partial charge in [0.2, 0.25) is 12.0 Å². The number of halogens is 3. The van der Waals surface area contributed by atoms with Gasteiger partial charge in [-0.3, -0.25) is 10.2 Å². The molecule has 0 fully saturated rings. The van der Waals surface area contributed by atoms with E-state index in [9.17, 15) is 27.6 Å². The maximum atomic E-state index is 13.7. The Morgan fingerprint density at radius 2 is 1.87 bits per heavy atom. The predicted molar refractivity (Wildman–Crippen MR) is 132 cm³/mol. The predicted octanol–water partition coefficient (Wildman–Crippen LogP) is 2.51. The molecule has 0 aromatic heterocycles. The summed E-state index contributed by atoms with van der Waals surface area (Å²) in [6, 6.07) is 2.44. The van der Waals surface area contributed by atoms with Crippen LogP contribution in [0.5, 0.6) is 5.75 Å². The van der Waals surface area contributed by atoms with Crippen molar-refractivity contribution in [2.45, 2.75) is 64.8 Å². The molecule has 0 bridgehead atoms. The Morgan fingerprint density at radius 1 is 1.18 bits per heavy atom. The van der Waals surface area contributed by atoms with Crippen LogP contribution in [-0.2, 0) is 30.3 Å². The molecule has 0 saturated heterocycles. The second-order valence-corrected chi connectivity index (χ2v) is 8.73. The number of hydrogen-bond acceptors (Lipinski definition) is 7. The fraction of sp³-hybridized carbons (Fsp3) is 0.520. The molecule has 0 radical (unpaired) electrons. The first-order chi connectivity index (χ1) is 17.8. The maximum absolute atomic E-state index is 13.7. The second-order valence-electron chi connectivity index (χ2n) is 8.73. The average Bonchev–Trinajstić information content (AvgIpc) is 2.82. The van der Waals surface area contributed by atoms with Crippen molar-refractivity contribution in [2.24, 2.45) is 5.73 Å². The molecule has 210 valence electrons. The van der Waals surface area contributed by atoms with E-state index in [1.54, 1.807) is 26.0 Å². The standard InChI is InChI=1S/C25H33F3N4O6/c1-4-16-11-14(2)12-17-13-18(21(25(26,27)28)38-20(16)17)22(34)36-9-6-10-37-23(35)19(32-15(3)33)7-5-8-31-24(29)30/h11-13,19,21H,4-10H2,1-3H3,(H,32,33)(H4,29,30,31)/t19-,21-/m0/s1.